The summed E-state index contributed by atoms with van der Waals surface area (Å²) in [5.41, 5.74) is 1.58. The summed E-state index contributed by atoms with van der Waals surface area (Å²) in [7, 11) is 3.86. The maximum Gasteiger partial charge on any atom is 0.372 e. The maximum absolute atomic E-state index is 14.5. The Bertz CT molecular complexity index is 1190. The van der Waals surface area contributed by atoms with Gasteiger partial charge in [-0.05, 0) is 42.8 Å². The first-order valence-corrected chi connectivity index (χ1v) is 12.5. The molecular formula is C26H29FN4O4S. The standard InChI is InChI=1S/C26H29FN4O4S/c1-4-5-6-7-8-15-34-25(32)23-17-28-24(36-23)26(33)35-20-13-14-22(21(27)16-20)30-29-18-9-11-19(12-10-18)31(2)3/h9-14,16-17H,4-8,15H2,1-3H3/b30-29+. The third-order valence-electron chi connectivity index (χ3n) is 5.13. The number of hydrogen-bond acceptors (Lipinski definition) is 9. The Morgan fingerprint density at radius 1 is 1.00 bits per heavy atom. The van der Waals surface area contributed by atoms with Crippen molar-refractivity contribution in [2.45, 2.75) is 39.0 Å². The number of azo groups is 1. The maximum atomic E-state index is 14.5. The summed E-state index contributed by atoms with van der Waals surface area (Å²) < 4.78 is 24.9. The molecule has 0 N–H and O–H groups in total. The number of ether oxygens (including phenoxy) is 2. The zero-order valence-corrected chi connectivity index (χ0v) is 21.4. The number of benzene rings is 2. The number of carbonyl (C=O) groups is 2. The Kier molecular flexibility index (Phi) is 10.1. The minimum Gasteiger partial charge on any atom is -0.461 e. The highest BCUT2D eigenvalue weighted by atomic mass is 32.1. The molecule has 0 radical (unpaired) electrons. The van der Waals surface area contributed by atoms with Crippen LogP contribution in [0.15, 0.2) is 58.9 Å². The molecule has 1 heterocycles. The number of halogens is 1. The molecule has 0 amide bonds. The Labute approximate surface area is 213 Å². The molecule has 36 heavy (non-hydrogen) atoms. The fraction of sp³-hybridized carbons (Fsp3) is 0.346. The lowest BCUT2D eigenvalue weighted by Gasteiger charge is -2.11. The van der Waals surface area contributed by atoms with Gasteiger partial charge in [0.15, 0.2) is 5.82 Å². The normalized spacial score (nSPS) is 11.0. The average molecular weight is 513 g/mol. The van der Waals surface area contributed by atoms with Crippen LogP contribution in [0.3, 0.4) is 0 Å². The summed E-state index contributed by atoms with van der Waals surface area (Å²) in [5, 5.41) is 7.94. The van der Waals surface area contributed by atoms with Gasteiger partial charge in [0, 0.05) is 25.8 Å². The quantitative estimate of drug-likeness (QED) is 0.111. The third kappa shape index (κ3) is 7.94. The zero-order valence-electron chi connectivity index (χ0n) is 20.6. The van der Waals surface area contributed by atoms with E-state index in [1.165, 1.54) is 18.3 Å². The van der Waals surface area contributed by atoms with E-state index in [2.05, 4.69) is 22.1 Å². The molecule has 0 fully saturated rings. The number of hydrogen-bond donors (Lipinski definition) is 0. The minimum atomic E-state index is -0.798. The molecular weight excluding hydrogens is 483 g/mol. The van der Waals surface area contributed by atoms with Crippen LogP contribution in [0.2, 0.25) is 0 Å². The number of anilines is 1. The molecule has 0 aliphatic heterocycles. The van der Waals surface area contributed by atoms with Gasteiger partial charge in [-0.2, -0.15) is 5.11 Å². The second-order valence-electron chi connectivity index (χ2n) is 8.19. The molecule has 0 saturated heterocycles. The van der Waals surface area contributed by atoms with E-state index in [-0.39, 0.29) is 21.3 Å². The van der Waals surface area contributed by atoms with Gasteiger partial charge < -0.3 is 14.4 Å². The topological polar surface area (TPSA) is 93.4 Å². The van der Waals surface area contributed by atoms with Gasteiger partial charge in [0.05, 0.1) is 18.5 Å². The van der Waals surface area contributed by atoms with Gasteiger partial charge in [0.1, 0.15) is 16.3 Å². The number of aromatic nitrogens is 1. The molecule has 0 aliphatic carbocycles. The summed E-state index contributed by atoms with van der Waals surface area (Å²) in [6.07, 6.45) is 6.49. The van der Waals surface area contributed by atoms with Crippen molar-refractivity contribution >= 4 is 40.3 Å². The van der Waals surface area contributed by atoms with Crippen molar-refractivity contribution in [2.24, 2.45) is 10.2 Å². The van der Waals surface area contributed by atoms with Crippen LogP contribution < -0.4 is 9.64 Å². The molecule has 8 nitrogen and oxygen atoms in total. The van der Waals surface area contributed by atoms with E-state index in [4.69, 9.17) is 9.47 Å². The van der Waals surface area contributed by atoms with Crippen LogP contribution >= 0.6 is 11.3 Å². The van der Waals surface area contributed by atoms with Gasteiger partial charge in [-0.1, -0.05) is 32.6 Å². The lowest BCUT2D eigenvalue weighted by atomic mass is 10.2. The first-order valence-electron chi connectivity index (χ1n) is 11.7. The molecule has 0 saturated carbocycles. The van der Waals surface area contributed by atoms with Crippen LogP contribution in [-0.2, 0) is 4.74 Å². The molecule has 0 unspecified atom stereocenters. The molecule has 3 rings (SSSR count). The predicted octanol–water partition coefficient (Wildman–Crippen LogP) is 7.11. The van der Waals surface area contributed by atoms with Crippen molar-refractivity contribution < 1.29 is 23.5 Å². The van der Waals surface area contributed by atoms with Crippen molar-refractivity contribution in [1.82, 2.24) is 4.98 Å². The van der Waals surface area contributed by atoms with Gasteiger partial charge >= 0.3 is 11.9 Å². The van der Waals surface area contributed by atoms with E-state index in [9.17, 15) is 14.0 Å². The molecule has 190 valence electrons. The van der Waals surface area contributed by atoms with Crippen LogP contribution in [0, 0.1) is 5.82 Å². The molecule has 0 aliphatic rings. The zero-order chi connectivity index (χ0) is 25.9. The highest BCUT2D eigenvalue weighted by molar-refractivity contribution is 7.15. The van der Waals surface area contributed by atoms with E-state index < -0.39 is 17.8 Å². The SMILES string of the molecule is CCCCCCCOC(=O)c1cnc(C(=O)Oc2ccc(/N=N/c3ccc(N(C)C)cc3)c(F)c2)s1. The number of thiazole rings is 1. The van der Waals surface area contributed by atoms with Gasteiger partial charge in [0.2, 0.25) is 5.01 Å². The fourth-order valence-electron chi connectivity index (χ4n) is 3.12. The molecule has 3 aromatic rings. The molecule has 0 atom stereocenters. The van der Waals surface area contributed by atoms with Crippen molar-refractivity contribution in [3.63, 3.8) is 0 Å². The Balaban J connectivity index is 1.53. The summed E-state index contributed by atoms with van der Waals surface area (Å²) in [5.74, 6) is -2.04. The summed E-state index contributed by atoms with van der Waals surface area (Å²) in [6, 6.07) is 11.1. The Morgan fingerprint density at radius 2 is 1.75 bits per heavy atom. The average Bonchev–Trinajstić information content (AvgIpc) is 3.36. The summed E-state index contributed by atoms with van der Waals surface area (Å²) >= 11 is 0.866. The first-order chi connectivity index (χ1) is 17.4. The van der Waals surface area contributed by atoms with E-state index >= 15 is 0 Å². The van der Waals surface area contributed by atoms with Crippen LogP contribution in [0.1, 0.15) is 58.5 Å². The van der Waals surface area contributed by atoms with Gasteiger partial charge in [-0.3, -0.25) is 0 Å². The van der Waals surface area contributed by atoms with Crippen LogP contribution in [0.5, 0.6) is 5.75 Å². The van der Waals surface area contributed by atoms with Gasteiger partial charge in [-0.25, -0.2) is 19.0 Å². The van der Waals surface area contributed by atoms with Crippen molar-refractivity contribution in [3.05, 3.63) is 64.4 Å². The largest absolute Gasteiger partial charge is 0.461 e. The van der Waals surface area contributed by atoms with E-state index in [1.54, 1.807) is 12.1 Å². The highest BCUT2D eigenvalue weighted by Crippen LogP contribution is 2.27. The number of esters is 2. The molecule has 10 heteroatoms. The molecule has 0 bridgehead atoms. The van der Waals surface area contributed by atoms with Crippen molar-refractivity contribution in [1.29, 1.82) is 0 Å². The molecule has 0 spiro atoms. The summed E-state index contributed by atoms with van der Waals surface area (Å²) in [6.45, 7) is 2.46. The van der Waals surface area contributed by atoms with Crippen LogP contribution in [-0.4, -0.2) is 37.6 Å². The van der Waals surface area contributed by atoms with E-state index in [1.807, 2.05) is 31.1 Å². The smallest absolute Gasteiger partial charge is 0.372 e. The van der Waals surface area contributed by atoms with Crippen LogP contribution in [0.4, 0.5) is 21.5 Å². The fourth-order valence-corrected chi connectivity index (χ4v) is 3.80. The first kappa shape index (κ1) is 26.9. The van der Waals surface area contributed by atoms with E-state index in [0.29, 0.717) is 12.3 Å². The van der Waals surface area contributed by atoms with Crippen molar-refractivity contribution in [2.75, 3.05) is 25.6 Å². The molecule has 1 aromatic heterocycles. The second-order valence-corrected chi connectivity index (χ2v) is 9.22. The van der Waals surface area contributed by atoms with Gasteiger partial charge in [0.25, 0.3) is 0 Å². The van der Waals surface area contributed by atoms with E-state index in [0.717, 1.165) is 55.2 Å². The lowest BCUT2D eigenvalue weighted by Crippen LogP contribution is -2.08. The number of nitrogens with zero attached hydrogens (tertiary/aromatic N) is 4. The predicted molar refractivity (Wildman–Crippen MR) is 137 cm³/mol. The number of rotatable bonds is 12. The number of carbonyl (C=O) groups excluding carboxylic acids is 2. The van der Waals surface area contributed by atoms with Gasteiger partial charge in [-0.15, -0.1) is 16.5 Å². The highest BCUT2D eigenvalue weighted by Gasteiger charge is 2.19. The minimum absolute atomic E-state index is 0.000425. The summed E-state index contributed by atoms with van der Waals surface area (Å²) in [4.78, 5) is 30.6. The second kappa shape index (κ2) is 13.4. The Hall–Kier alpha value is -3.66. The Morgan fingerprint density at radius 3 is 2.44 bits per heavy atom. The van der Waals surface area contributed by atoms with Crippen molar-refractivity contribution in [3.8, 4) is 5.75 Å². The lowest BCUT2D eigenvalue weighted by molar-refractivity contribution is 0.0503. The third-order valence-corrected chi connectivity index (χ3v) is 6.09. The monoisotopic (exact) mass is 512 g/mol. The number of unbranched alkanes of at least 4 members (excludes halogenated alkanes) is 4. The molecule has 2 aromatic carbocycles. The van der Waals surface area contributed by atoms with Crippen LogP contribution in [0.25, 0.3) is 0 Å².